The summed E-state index contributed by atoms with van der Waals surface area (Å²) in [6.45, 7) is 1.86. The van der Waals surface area contributed by atoms with E-state index >= 15 is 0 Å². The fourth-order valence-electron chi connectivity index (χ4n) is 2.40. The number of nitrogens with zero attached hydrogens (tertiary/aromatic N) is 1. The van der Waals surface area contributed by atoms with Crippen LogP contribution in [0.2, 0.25) is 5.02 Å². The quantitative estimate of drug-likeness (QED) is 0.777. The fourth-order valence-corrected chi connectivity index (χ4v) is 3.51. The number of amides is 1. The molecule has 0 saturated carbocycles. The second-order valence-electron chi connectivity index (χ2n) is 5.77. The molecule has 1 amide bonds. The van der Waals surface area contributed by atoms with Crippen molar-refractivity contribution in [3.05, 3.63) is 53.1 Å². The Bertz CT molecular complexity index is 900. The Labute approximate surface area is 158 Å². The molecule has 0 atom stereocenters. The van der Waals surface area contributed by atoms with E-state index in [4.69, 9.17) is 16.3 Å². The summed E-state index contributed by atoms with van der Waals surface area (Å²) >= 11 is 6.05. The summed E-state index contributed by atoms with van der Waals surface area (Å²) in [6, 6.07) is 12.0. The second-order valence-corrected chi connectivity index (χ2v) is 8.08. The lowest BCUT2D eigenvalue weighted by Gasteiger charge is -2.24. The molecule has 2 aromatic rings. The molecule has 0 aromatic heterocycles. The van der Waals surface area contributed by atoms with E-state index in [-0.39, 0.29) is 18.9 Å². The number of ether oxygens (including phenoxy) is 1. The molecule has 2 aromatic carbocycles. The van der Waals surface area contributed by atoms with Crippen molar-refractivity contribution in [3.8, 4) is 5.75 Å². The molecule has 0 unspecified atom stereocenters. The van der Waals surface area contributed by atoms with Gasteiger partial charge in [-0.1, -0.05) is 29.8 Å². The molecule has 0 saturated heterocycles. The first kappa shape index (κ1) is 20.1. The Kier molecular flexibility index (Phi) is 6.50. The molecule has 6 nitrogen and oxygen atoms in total. The maximum Gasteiger partial charge on any atom is 0.232 e. The fraction of sp³-hybridized carbons (Fsp3) is 0.278. The minimum absolute atomic E-state index is 0.00929. The van der Waals surface area contributed by atoms with Crippen molar-refractivity contribution in [1.82, 2.24) is 0 Å². The highest BCUT2D eigenvalue weighted by Crippen LogP contribution is 2.29. The average Bonchev–Trinajstić information content (AvgIpc) is 2.57. The number of hydrogen-bond acceptors (Lipinski definition) is 4. The van der Waals surface area contributed by atoms with E-state index in [0.717, 1.165) is 16.1 Å². The highest BCUT2D eigenvalue weighted by molar-refractivity contribution is 7.92. The van der Waals surface area contributed by atoms with Crippen LogP contribution >= 0.6 is 11.6 Å². The first-order valence-corrected chi connectivity index (χ1v) is 10.1. The highest BCUT2D eigenvalue weighted by Gasteiger charge is 2.21. The Hall–Kier alpha value is -2.25. The number of carbonyl (C=O) groups excluding carboxylic acids is 1. The van der Waals surface area contributed by atoms with E-state index < -0.39 is 10.0 Å². The van der Waals surface area contributed by atoms with Gasteiger partial charge in [-0.25, -0.2) is 8.42 Å². The normalized spacial score (nSPS) is 11.1. The van der Waals surface area contributed by atoms with Gasteiger partial charge in [0, 0.05) is 23.7 Å². The van der Waals surface area contributed by atoms with Crippen LogP contribution in [0.4, 0.5) is 11.4 Å². The van der Waals surface area contributed by atoms with E-state index in [1.165, 1.54) is 7.11 Å². The standard InChI is InChI=1S/C18H21ClN2O4S/c1-13-8-9-14(12-15(13)19)20-18(22)10-11-21(26(3,23)24)16-6-4-5-7-17(16)25-2/h4-9,12H,10-11H2,1-3H3,(H,20,22). The van der Waals surface area contributed by atoms with Crippen LogP contribution in [0.15, 0.2) is 42.5 Å². The van der Waals surface area contributed by atoms with Crippen molar-refractivity contribution in [1.29, 1.82) is 0 Å². The maximum atomic E-state index is 12.2. The van der Waals surface area contributed by atoms with Crippen LogP contribution in [0.1, 0.15) is 12.0 Å². The lowest BCUT2D eigenvalue weighted by Crippen LogP contribution is -2.33. The van der Waals surface area contributed by atoms with Gasteiger partial charge in [0.2, 0.25) is 15.9 Å². The number of nitrogens with one attached hydrogen (secondary N) is 1. The Morgan fingerprint density at radius 1 is 1.23 bits per heavy atom. The summed E-state index contributed by atoms with van der Waals surface area (Å²) in [5.74, 6) is 0.108. The summed E-state index contributed by atoms with van der Waals surface area (Å²) in [7, 11) is -2.11. The first-order chi connectivity index (χ1) is 12.2. The molecule has 0 bridgehead atoms. The predicted octanol–water partition coefficient (Wildman–Crippen LogP) is 3.45. The predicted molar refractivity (Wildman–Crippen MR) is 105 cm³/mol. The van der Waals surface area contributed by atoms with Gasteiger partial charge >= 0.3 is 0 Å². The number of halogens is 1. The molecule has 0 aliphatic rings. The number of methoxy groups -OCH3 is 1. The molecule has 26 heavy (non-hydrogen) atoms. The molecule has 0 spiro atoms. The van der Waals surface area contributed by atoms with Crippen molar-refractivity contribution in [3.63, 3.8) is 0 Å². The van der Waals surface area contributed by atoms with Gasteiger partial charge in [-0.3, -0.25) is 9.10 Å². The second kappa shape index (κ2) is 8.42. The highest BCUT2D eigenvalue weighted by atomic mass is 35.5. The van der Waals surface area contributed by atoms with Crippen LogP contribution in [-0.2, 0) is 14.8 Å². The molecule has 140 valence electrons. The van der Waals surface area contributed by atoms with Crippen molar-refractivity contribution < 1.29 is 17.9 Å². The first-order valence-electron chi connectivity index (χ1n) is 7.89. The van der Waals surface area contributed by atoms with E-state index in [0.29, 0.717) is 22.1 Å². The molecule has 8 heteroatoms. The van der Waals surface area contributed by atoms with Crippen LogP contribution in [-0.4, -0.2) is 34.2 Å². The monoisotopic (exact) mass is 396 g/mol. The Morgan fingerprint density at radius 3 is 2.54 bits per heavy atom. The van der Waals surface area contributed by atoms with Crippen molar-refractivity contribution >= 4 is 38.9 Å². The van der Waals surface area contributed by atoms with Gasteiger partial charge in [0.25, 0.3) is 0 Å². The van der Waals surface area contributed by atoms with Crippen LogP contribution in [0.5, 0.6) is 5.75 Å². The zero-order valence-corrected chi connectivity index (χ0v) is 16.4. The third-order valence-electron chi connectivity index (χ3n) is 3.75. The molecule has 0 aliphatic carbocycles. The minimum atomic E-state index is -3.58. The van der Waals surface area contributed by atoms with Crippen molar-refractivity contribution in [2.75, 3.05) is 29.5 Å². The van der Waals surface area contributed by atoms with Gasteiger partial charge in [0.05, 0.1) is 19.1 Å². The van der Waals surface area contributed by atoms with Crippen LogP contribution in [0, 0.1) is 6.92 Å². The maximum absolute atomic E-state index is 12.2. The minimum Gasteiger partial charge on any atom is -0.495 e. The number of carbonyl (C=O) groups is 1. The zero-order chi connectivity index (χ0) is 19.3. The molecule has 0 aliphatic heterocycles. The number of anilines is 2. The SMILES string of the molecule is COc1ccccc1N(CCC(=O)Nc1ccc(C)c(Cl)c1)S(C)(=O)=O. The number of benzene rings is 2. The number of hydrogen-bond donors (Lipinski definition) is 1. The van der Waals surface area contributed by atoms with Crippen molar-refractivity contribution in [2.24, 2.45) is 0 Å². The van der Waals surface area contributed by atoms with Gasteiger partial charge in [-0.2, -0.15) is 0 Å². The lowest BCUT2D eigenvalue weighted by atomic mass is 10.2. The molecule has 1 N–H and O–H groups in total. The van der Waals surface area contributed by atoms with Gasteiger partial charge in [0.1, 0.15) is 5.75 Å². The number of sulfonamides is 1. The summed E-state index contributed by atoms with van der Waals surface area (Å²) in [5.41, 5.74) is 1.86. The van der Waals surface area contributed by atoms with Crippen LogP contribution < -0.4 is 14.4 Å². The zero-order valence-electron chi connectivity index (χ0n) is 14.8. The molecular weight excluding hydrogens is 376 g/mol. The number of aryl methyl sites for hydroxylation is 1. The topological polar surface area (TPSA) is 75.7 Å². The van der Waals surface area contributed by atoms with Crippen LogP contribution in [0.25, 0.3) is 0 Å². The van der Waals surface area contributed by atoms with Crippen molar-refractivity contribution in [2.45, 2.75) is 13.3 Å². The summed E-state index contributed by atoms with van der Waals surface area (Å²) in [6.07, 6.45) is 1.08. The Balaban J connectivity index is 2.12. The third kappa shape index (κ3) is 5.12. The van der Waals surface area contributed by atoms with Gasteiger partial charge in [-0.05, 0) is 36.8 Å². The average molecular weight is 397 g/mol. The molecule has 2 rings (SSSR count). The van der Waals surface area contributed by atoms with E-state index in [1.807, 2.05) is 6.92 Å². The number of para-hydroxylation sites is 2. The lowest BCUT2D eigenvalue weighted by molar-refractivity contribution is -0.116. The van der Waals surface area contributed by atoms with E-state index in [2.05, 4.69) is 5.32 Å². The van der Waals surface area contributed by atoms with Crippen LogP contribution in [0.3, 0.4) is 0 Å². The van der Waals surface area contributed by atoms with E-state index in [9.17, 15) is 13.2 Å². The van der Waals surface area contributed by atoms with Gasteiger partial charge in [-0.15, -0.1) is 0 Å². The molecule has 0 radical (unpaired) electrons. The van der Waals surface area contributed by atoms with Gasteiger partial charge < -0.3 is 10.1 Å². The number of rotatable bonds is 7. The summed E-state index contributed by atoms with van der Waals surface area (Å²) < 4.78 is 30.7. The van der Waals surface area contributed by atoms with Gasteiger partial charge in [0.15, 0.2) is 0 Å². The molecular formula is C18H21ClN2O4S. The molecule has 0 heterocycles. The molecule has 0 fully saturated rings. The summed E-state index contributed by atoms with van der Waals surface area (Å²) in [4.78, 5) is 12.2. The Morgan fingerprint density at radius 2 is 1.92 bits per heavy atom. The largest absolute Gasteiger partial charge is 0.495 e. The summed E-state index contributed by atoms with van der Waals surface area (Å²) in [5, 5.41) is 3.27. The van der Waals surface area contributed by atoms with E-state index in [1.54, 1.807) is 42.5 Å². The third-order valence-corrected chi connectivity index (χ3v) is 5.34. The smallest absolute Gasteiger partial charge is 0.232 e.